The second-order valence-electron chi connectivity index (χ2n) is 4.06. The van der Waals surface area contributed by atoms with Crippen molar-refractivity contribution in [3.05, 3.63) is 23.8 Å². The van der Waals surface area contributed by atoms with E-state index in [1.165, 1.54) is 32.4 Å². The molecule has 0 aliphatic carbocycles. The molecule has 0 heterocycles. The average molecular weight is 307 g/mol. The van der Waals surface area contributed by atoms with Crippen LogP contribution in [0.3, 0.4) is 0 Å². The van der Waals surface area contributed by atoms with Gasteiger partial charge < -0.3 is 14.2 Å². The van der Waals surface area contributed by atoms with Gasteiger partial charge in [0.1, 0.15) is 17.5 Å². The lowest BCUT2D eigenvalue weighted by Crippen LogP contribution is -2.36. The zero-order chi connectivity index (χ0) is 16.0. The average Bonchev–Trinajstić information content (AvgIpc) is 2.45. The number of hydrogen-bond acceptors (Lipinski definition) is 5. The standard InChI is InChI=1S/C13H16F3NO4/c1-19-8-4-5-9(10(6-8)20-2)11(12(18)21-3)17-7-13(14,15)16/h4-6,11,17H,7H2,1-3H3. The van der Waals surface area contributed by atoms with Crippen molar-refractivity contribution in [2.24, 2.45) is 0 Å². The van der Waals surface area contributed by atoms with Crippen molar-refractivity contribution >= 4 is 5.97 Å². The fourth-order valence-electron chi connectivity index (χ4n) is 1.71. The highest BCUT2D eigenvalue weighted by Gasteiger charge is 2.32. The molecule has 118 valence electrons. The number of hydrogen-bond donors (Lipinski definition) is 1. The summed E-state index contributed by atoms with van der Waals surface area (Å²) in [5.74, 6) is -0.169. The Morgan fingerprint density at radius 3 is 2.38 bits per heavy atom. The van der Waals surface area contributed by atoms with Crippen LogP contribution in [-0.2, 0) is 9.53 Å². The van der Waals surface area contributed by atoms with Gasteiger partial charge in [0, 0.05) is 11.6 Å². The summed E-state index contributed by atoms with van der Waals surface area (Å²) in [7, 11) is 3.88. The Labute approximate surface area is 120 Å². The van der Waals surface area contributed by atoms with E-state index in [-0.39, 0.29) is 11.3 Å². The lowest BCUT2D eigenvalue weighted by atomic mass is 10.1. The van der Waals surface area contributed by atoms with E-state index in [9.17, 15) is 18.0 Å². The summed E-state index contributed by atoms with van der Waals surface area (Å²) >= 11 is 0. The number of methoxy groups -OCH3 is 3. The van der Waals surface area contributed by atoms with Gasteiger partial charge in [0.05, 0.1) is 27.9 Å². The Hall–Kier alpha value is -1.96. The summed E-state index contributed by atoms with van der Waals surface area (Å²) in [6.45, 7) is -1.33. The van der Waals surface area contributed by atoms with Crippen LogP contribution < -0.4 is 14.8 Å². The molecule has 0 radical (unpaired) electrons. The van der Waals surface area contributed by atoms with Crippen LogP contribution in [0.5, 0.6) is 11.5 Å². The van der Waals surface area contributed by atoms with Crippen LogP contribution in [0.25, 0.3) is 0 Å². The van der Waals surface area contributed by atoms with Gasteiger partial charge in [-0.05, 0) is 12.1 Å². The van der Waals surface area contributed by atoms with E-state index in [0.29, 0.717) is 5.75 Å². The number of benzene rings is 1. The maximum absolute atomic E-state index is 12.3. The van der Waals surface area contributed by atoms with Crippen LogP contribution in [0.1, 0.15) is 11.6 Å². The molecule has 0 aliphatic heterocycles. The highest BCUT2D eigenvalue weighted by atomic mass is 19.4. The fourth-order valence-corrected chi connectivity index (χ4v) is 1.71. The first-order valence-corrected chi connectivity index (χ1v) is 5.92. The molecule has 0 bridgehead atoms. The normalized spacial score (nSPS) is 12.7. The molecule has 0 amide bonds. The second-order valence-corrected chi connectivity index (χ2v) is 4.06. The van der Waals surface area contributed by atoms with Gasteiger partial charge in [0.25, 0.3) is 0 Å². The number of carbonyl (C=O) groups excluding carboxylic acids is 1. The lowest BCUT2D eigenvalue weighted by molar-refractivity contribution is -0.146. The van der Waals surface area contributed by atoms with Crippen LogP contribution >= 0.6 is 0 Å². The number of carbonyl (C=O) groups is 1. The third-order valence-corrected chi connectivity index (χ3v) is 2.70. The third-order valence-electron chi connectivity index (χ3n) is 2.70. The summed E-state index contributed by atoms with van der Waals surface area (Å²) in [6, 6.07) is 3.14. The quantitative estimate of drug-likeness (QED) is 0.815. The molecule has 1 aromatic carbocycles. The van der Waals surface area contributed by atoms with E-state index in [4.69, 9.17) is 9.47 Å². The highest BCUT2D eigenvalue weighted by molar-refractivity contribution is 5.78. The number of nitrogens with one attached hydrogen (secondary N) is 1. The molecule has 5 nitrogen and oxygen atoms in total. The minimum absolute atomic E-state index is 0.222. The maximum Gasteiger partial charge on any atom is 0.401 e. The Bertz CT molecular complexity index is 491. The first-order valence-electron chi connectivity index (χ1n) is 5.92. The van der Waals surface area contributed by atoms with Crippen LogP contribution in [0.2, 0.25) is 0 Å². The fraction of sp³-hybridized carbons (Fsp3) is 0.462. The first-order chi connectivity index (χ1) is 9.82. The molecule has 0 fully saturated rings. The Kier molecular flexibility index (Phi) is 5.83. The summed E-state index contributed by atoms with van der Waals surface area (Å²) < 4.78 is 51.6. The van der Waals surface area contributed by atoms with Crippen molar-refractivity contribution in [2.45, 2.75) is 12.2 Å². The van der Waals surface area contributed by atoms with Crippen LogP contribution in [-0.4, -0.2) is 40.0 Å². The molecule has 21 heavy (non-hydrogen) atoms. The van der Waals surface area contributed by atoms with Crippen molar-refractivity contribution in [3.63, 3.8) is 0 Å². The number of alkyl halides is 3. The topological polar surface area (TPSA) is 56.8 Å². The minimum Gasteiger partial charge on any atom is -0.497 e. The van der Waals surface area contributed by atoms with E-state index >= 15 is 0 Å². The number of ether oxygens (including phenoxy) is 3. The minimum atomic E-state index is -4.45. The SMILES string of the molecule is COC(=O)C(NCC(F)(F)F)c1ccc(OC)cc1OC. The lowest BCUT2D eigenvalue weighted by Gasteiger charge is -2.20. The predicted molar refractivity (Wildman–Crippen MR) is 68.4 cm³/mol. The number of halogens is 3. The monoisotopic (exact) mass is 307 g/mol. The van der Waals surface area contributed by atoms with Gasteiger partial charge in [-0.2, -0.15) is 13.2 Å². The Morgan fingerprint density at radius 1 is 1.24 bits per heavy atom. The zero-order valence-corrected chi connectivity index (χ0v) is 11.8. The molecule has 1 aromatic rings. The van der Waals surface area contributed by atoms with Crippen LogP contribution in [0.15, 0.2) is 18.2 Å². The van der Waals surface area contributed by atoms with Crippen molar-refractivity contribution < 1.29 is 32.2 Å². The van der Waals surface area contributed by atoms with E-state index in [1.54, 1.807) is 0 Å². The van der Waals surface area contributed by atoms with Crippen LogP contribution in [0.4, 0.5) is 13.2 Å². The molecule has 1 unspecified atom stereocenters. The van der Waals surface area contributed by atoms with Crippen molar-refractivity contribution in [1.82, 2.24) is 5.32 Å². The number of esters is 1. The molecule has 1 N–H and O–H groups in total. The van der Waals surface area contributed by atoms with Gasteiger partial charge in [-0.3, -0.25) is 5.32 Å². The van der Waals surface area contributed by atoms with Crippen molar-refractivity contribution in [2.75, 3.05) is 27.9 Å². The van der Waals surface area contributed by atoms with Gasteiger partial charge in [0.2, 0.25) is 0 Å². The second kappa shape index (κ2) is 7.16. The molecule has 1 rings (SSSR count). The van der Waals surface area contributed by atoms with E-state index in [0.717, 1.165) is 7.11 Å². The van der Waals surface area contributed by atoms with Gasteiger partial charge in [0.15, 0.2) is 0 Å². The molecular weight excluding hydrogens is 291 g/mol. The molecule has 0 aromatic heterocycles. The summed E-state index contributed by atoms with van der Waals surface area (Å²) in [5.41, 5.74) is 0.231. The summed E-state index contributed by atoms with van der Waals surface area (Å²) in [5, 5.41) is 2.12. The molecule has 0 aliphatic rings. The Morgan fingerprint density at radius 2 is 1.90 bits per heavy atom. The summed E-state index contributed by atoms with van der Waals surface area (Å²) in [6.07, 6.45) is -4.45. The van der Waals surface area contributed by atoms with Gasteiger partial charge in [-0.15, -0.1) is 0 Å². The van der Waals surface area contributed by atoms with E-state index in [1.807, 2.05) is 0 Å². The first kappa shape index (κ1) is 17.1. The number of rotatable bonds is 6. The molecule has 8 heteroatoms. The largest absolute Gasteiger partial charge is 0.497 e. The zero-order valence-electron chi connectivity index (χ0n) is 11.8. The van der Waals surface area contributed by atoms with Crippen molar-refractivity contribution in [3.8, 4) is 11.5 Å². The summed E-state index contributed by atoms with van der Waals surface area (Å²) in [4.78, 5) is 11.7. The van der Waals surface area contributed by atoms with E-state index in [2.05, 4.69) is 10.1 Å². The maximum atomic E-state index is 12.3. The predicted octanol–water partition coefficient (Wildman–Crippen LogP) is 2.07. The molecular formula is C13H16F3NO4. The Balaban J connectivity index is 3.10. The van der Waals surface area contributed by atoms with Gasteiger partial charge in [-0.25, -0.2) is 4.79 Å². The highest BCUT2D eigenvalue weighted by Crippen LogP contribution is 2.30. The van der Waals surface area contributed by atoms with Gasteiger partial charge in [-0.1, -0.05) is 0 Å². The molecule has 0 spiro atoms. The molecule has 0 saturated carbocycles. The van der Waals surface area contributed by atoms with Crippen LogP contribution in [0, 0.1) is 0 Å². The smallest absolute Gasteiger partial charge is 0.401 e. The van der Waals surface area contributed by atoms with Gasteiger partial charge >= 0.3 is 12.1 Å². The molecule has 0 saturated heterocycles. The van der Waals surface area contributed by atoms with E-state index < -0.39 is 24.7 Å². The van der Waals surface area contributed by atoms with Crippen molar-refractivity contribution in [1.29, 1.82) is 0 Å². The molecule has 1 atom stereocenters. The third kappa shape index (κ3) is 4.82.